The highest BCUT2D eigenvalue weighted by Crippen LogP contribution is 2.23. The maximum atomic E-state index is 13.0. The molecule has 7 atom stereocenters. The minimum Gasteiger partial charge on any atom is -0.394 e. The number of nitrogens with one attached hydrogen (secondary N) is 1. The first-order valence-electron chi connectivity index (χ1n) is 25.1. The lowest BCUT2D eigenvalue weighted by molar-refractivity contribution is -0.302. The largest absolute Gasteiger partial charge is 0.394 e. The Morgan fingerprint density at radius 3 is 1.42 bits per heavy atom. The fourth-order valence-corrected chi connectivity index (χ4v) is 8.00. The molecule has 0 aromatic heterocycles. The van der Waals surface area contributed by atoms with Crippen LogP contribution in [0.3, 0.4) is 0 Å². The van der Waals surface area contributed by atoms with E-state index >= 15 is 0 Å². The number of aliphatic hydroxyl groups excluding tert-OH is 5. The van der Waals surface area contributed by atoms with Gasteiger partial charge < -0.3 is 40.3 Å². The van der Waals surface area contributed by atoms with Crippen LogP contribution in [0.25, 0.3) is 0 Å². The number of carbonyl (C=O) groups is 1. The van der Waals surface area contributed by atoms with E-state index in [0.29, 0.717) is 6.42 Å². The first-order chi connectivity index (χ1) is 28.8. The number of unbranched alkanes of at least 4 members (excludes halogenated alkanes) is 30. The van der Waals surface area contributed by atoms with E-state index in [1.807, 2.05) is 6.08 Å². The van der Waals surface area contributed by atoms with Gasteiger partial charge in [-0.15, -0.1) is 0 Å². The van der Waals surface area contributed by atoms with Crippen molar-refractivity contribution >= 4 is 5.91 Å². The summed E-state index contributed by atoms with van der Waals surface area (Å²) in [5, 5.41) is 54.3. The second kappa shape index (κ2) is 40.7. The summed E-state index contributed by atoms with van der Waals surface area (Å²) < 4.78 is 11.2. The van der Waals surface area contributed by atoms with Crippen LogP contribution in [0, 0.1) is 0 Å². The van der Waals surface area contributed by atoms with E-state index in [-0.39, 0.29) is 12.5 Å². The van der Waals surface area contributed by atoms with Crippen LogP contribution in [0.1, 0.15) is 232 Å². The molecule has 0 aromatic rings. The molecule has 0 spiro atoms. The van der Waals surface area contributed by atoms with Gasteiger partial charge in [-0.2, -0.15) is 0 Å². The number of hydrogen-bond acceptors (Lipinski definition) is 8. The standard InChI is InChI=1S/C50H95NO8/c1-3-5-7-9-11-13-15-17-19-21-22-24-26-28-30-32-34-36-38-40-46(54)51-43(42-58-50-49(57)48(56)47(55)45(41-52)59-50)44(53)39-37-35-33-31-29-27-25-23-20-18-16-14-12-10-8-6-4-2/h29,31,37,39,43-45,47-50,52-53,55-57H,3-28,30,32-36,38,40-42H2,1-2H3,(H,51,54)/b31-29+,39-37+. The van der Waals surface area contributed by atoms with Crippen molar-refractivity contribution in [3.05, 3.63) is 24.3 Å². The van der Waals surface area contributed by atoms with E-state index < -0.39 is 49.5 Å². The molecule has 9 heteroatoms. The number of carbonyl (C=O) groups excluding carboxylic acids is 1. The Kier molecular flexibility index (Phi) is 38.4. The fraction of sp³-hybridized carbons (Fsp3) is 0.900. The van der Waals surface area contributed by atoms with Crippen LogP contribution in [0.15, 0.2) is 24.3 Å². The summed E-state index contributed by atoms with van der Waals surface area (Å²) in [6, 6.07) is -0.817. The van der Waals surface area contributed by atoms with Gasteiger partial charge in [0.1, 0.15) is 24.4 Å². The predicted octanol–water partition coefficient (Wildman–Crippen LogP) is 11.1. The highest BCUT2D eigenvalue weighted by Gasteiger charge is 2.44. The van der Waals surface area contributed by atoms with Gasteiger partial charge in [0.2, 0.25) is 5.91 Å². The molecule has 1 aliphatic rings. The van der Waals surface area contributed by atoms with Crippen molar-refractivity contribution in [2.45, 2.75) is 275 Å². The van der Waals surface area contributed by atoms with E-state index in [2.05, 4.69) is 31.3 Å². The number of ether oxygens (including phenoxy) is 2. The van der Waals surface area contributed by atoms with Crippen molar-refractivity contribution in [1.82, 2.24) is 5.32 Å². The average Bonchev–Trinajstić information content (AvgIpc) is 3.23. The van der Waals surface area contributed by atoms with Crippen LogP contribution >= 0.6 is 0 Å². The monoisotopic (exact) mass is 838 g/mol. The Morgan fingerprint density at radius 2 is 0.966 bits per heavy atom. The fourth-order valence-electron chi connectivity index (χ4n) is 8.00. The zero-order valence-electron chi connectivity index (χ0n) is 38.3. The van der Waals surface area contributed by atoms with Crippen molar-refractivity contribution in [2.24, 2.45) is 0 Å². The highest BCUT2D eigenvalue weighted by atomic mass is 16.7. The van der Waals surface area contributed by atoms with Crippen molar-refractivity contribution < 1.29 is 39.8 Å². The van der Waals surface area contributed by atoms with Gasteiger partial charge in [-0.1, -0.05) is 218 Å². The molecular weight excluding hydrogens is 743 g/mol. The molecule has 348 valence electrons. The minimum absolute atomic E-state index is 0.183. The number of hydrogen-bond donors (Lipinski definition) is 6. The summed E-state index contributed by atoms with van der Waals surface area (Å²) in [6.07, 6.45) is 42.2. The van der Waals surface area contributed by atoms with Crippen molar-refractivity contribution in [1.29, 1.82) is 0 Å². The lowest BCUT2D eigenvalue weighted by Crippen LogP contribution is -2.60. The second-order valence-corrected chi connectivity index (χ2v) is 17.6. The first-order valence-corrected chi connectivity index (χ1v) is 25.1. The Bertz CT molecular complexity index is 977. The van der Waals surface area contributed by atoms with Gasteiger partial charge in [-0.25, -0.2) is 0 Å². The van der Waals surface area contributed by atoms with Crippen LogP contribution in [0.2, 0.25) is 0 Å². The third kappa shape index (κ3) is 31.2. The number of allylic oxidation sites excluding steroid dienone is 3. The first kappa shape index (κ1) is 55.7. The van der Waals surface area contributed by atoms with Gasteiger partial charge >= 0.3 is 0 Å². The van der Waals surface area contributed by atoms with E-state index in [9.17, 15) is 30.3 Å². The van der Waals surface area contributed by atoms with E-state index in [4.69, 9.17) is 9.47 Å². The highest BCUT2D eigenvalue weighted by molar-refractivity contribution is 5.76. The average molecular weight is 838 g/mol. The van der Waals surface area contributed by atoms with Crippen molar-refractivity contribution in [2.75, 3.05) is 13.2 Å². The third-order valence-corrected chi connectivity index (χ3v) is 12.0. The van der Waals surface area contributed by atoms with E-state index in [1.54, 1.807) is 6.08 Å². The third-order valence-electron chi connectivity index (χ3n) is 12.0. The van der Waals surface area contributed by atoms with Gasteiger partial charge in [0.15, 0.2) is 6.29 Å². The molecule has 6 N–H and O–H groups in total. The molecule has 0 bridgehead atoms. The van der Waals surface area contributed by atoms with Gasteiger partial charge in [-0.05, 0) is 32.1 Å². The number of amides is 1. The summed E-state index contributed by atoms with van der Waals surface area (Å²) in [4.78, 5) is 13.0. The van der Waals surface area contributed by atoms with Crippen LogP contribution in [-0.4, -0.2) is 87.5 Å². The van der Waals surface area contributed by atoms with Crippen LogP contribution in [-0.2, 0) is 14.3 Å². The molecule has 59 heavy (non-hydrogen) atoms. The number of rotatable bonds is 42. The molecule has 0 aromatic carbocycles. The molecule has 0 radical (unpaired) electrons. The van der Waals surface area contributed by atoms with Crippen LogP contribution < -0.4 is 5.32 Å². The number of aliphatic hydroxyl groups is 5. The molecule has 7 unspecified atom stereocenters. The zero-order chi connectivity index (χ0) is 43.0. The lowest BCUT2D eigenvalue weighted by atomic mass is 9.99. The van der Waals surface area contributed by atoms with Gasteiger partial charge in [0, 0.05) is 6.42 Å². The Morgan fingerprint density at radius 1 is 0.559 bits per heavy atom. The summed E-state index contributed by atoms with van der Waals surface area (Å²) >= 11 is 0. The molecule has 1 heterocycles. The molecule has 1 fully saturated rings. The van der Waals surface area contributed by atoms with Gasteiger partial charge in [0.25, 0.3) is 0 Å². The summed E-state index contributed by atoms with van der Waals surface area (Å²) in [7, 11) is 0. The molecular formula is C50H95NO8. The maximum absolute atomic E-state index is 13.0. The molecule has 1 amide bonds. The minimum atomic E-state index is -1.57. The summed E-state index contributed by atoms with van der Waals surface area (Å²) in [5.41, 5.74) is 0. The van der Waals surface area contributed by atoms with Gasteiger partial charge in [0.05, 0.1) is 25.4 Å². The maximum Gasteiger partial charge on any atom is 0.220 e. The van der Waals surface area contributed by atoms with E-state index in [1.165, 1.54) is 173 Å². The Hall–Kier alpha value is -1.33. The van der Waals surface area contributed by atoms with Gasteiger partial charge in [-0.3, -0.25) is 4.79 Å². The smallest absolute Gasteiger partial charge is 0.220 e. The molecule has 9 nitrogen and oxygen atoms in total. The summed E-state index contributed by atoms with van der Waals surface area (Å²) in [6.45, 7) is 3.78. The topological polar surface area (TPSA) is 149 Å². The zero-order valence-corrected chi connectivity index (χ0v) is 38.3. The molecule has 1 saturated heterocycles. The summed E-state index contributed by atoms with van der Waals surface area (Å²) in [5.74, 6) is -0.183. The van der Waals surface area contributed by atoms with E-state index in [0.717, 1.165) is 38.5 Å². The molecule has 1 rings (SSSR count). The van der Waals surface area contributed by atoms with Crippen LogP contribution in [0.5, 0.6) is 0 Å². The normalized spacial score (nSPS) is 20.8. The molecule has 0 saturated carbocycles. The van der Waals surface area contributed by atoms with Crippen molar-refractivity contribution in [3.63, 3.8) is 0 Å². The van der Waals surface area contributed by atoms with Crippen molar-refractivity contribution in [3.8, 4) is 0 Å². The lowest BCUT2D eigenvalue weighted by Gasteiger charge is -2.40. The molecule has 0 aliphatic carbocycles. The predicted molar refractivity (Wildman–Crippen MR) is 244 cm³/mol. The Labute approximate surface area is 362 Å². The van der Waals surface area contributed by atoms with Crippen LogP contribution in [0.4, 0.5) is 0 Å². The quantitative estimate of drug-likeness (QED) is 0.0263. The SMILES string of the molecule is CCCCCCCCCCCCC/C=C/CC/C=C/C(O)C(COC1OC(CO)C(O)C(O)C1O)NC(=O)CCCCCCCCCCCCCCCCCCCCC. The second-order valence-electron chi connectivity index (χ2n) is 17.6. The molecule has 1 aliphatic heterocycles. The Balaban J connectivity index is 2.32.